The van der Waals surface area contributed by atoms with Crippen molar-refractivity contribution in [1.82, 2.24) is 15.3 Å². The lowest BCUT2D eigenvalue weighted by molar-refractivity contribution is 0.395. The van der Waals surface area contributed by atoms with Crippen molar-refractivity contribution in [3.8, 4) is 0 Å². The Morgan fingerprint density at radius 1 is 1.35 bits per heavy atom. The quantitative estimate of drug-likeness (QED) is 0.740. The Kier molecular flexibility index (Phi) is 2.73. The maximum Gasteiger partial charge on any atom is 0.201 e. The highest BCUT2D eigenvalue weighted by Crippen LogP contribution is 2.17. The molecule has 4 heteroatoms. The average Bonchev–Trinajstić information content (AvgIpc) is 2.71. The van der Waals surface area contributed by atoms with E-state index in [-0.39, 0.29) is 0 Å². The van der Waals surface area contributed by atoms with Gasteiger partial charge in [-0.05, 0) is 38.4 Å². The minimum atomic E-state index is 0.520. The predicted octanol–water partition coefficient (Wildman–Crippen LogP) is 2.12. The maximum atomic E-state index is 4.54. The van der Waals surface area contributed by atoms with Crippen LogP contribution < -0.4 is 10.6 Å². The van der Waals surface area contributed by atoms with Crippen LogP contribution in [0.2, 0.25) is 0 Å². The van der Waals surface area contributed by atoms with Crippen LogP contribution in [-0.2, 0) is 0 Å². The average molecular weight is 230 g/mol. The van der Waals surface area contributed by atoms with Crippen LogP contribution in [0.1, 0.15) is 19.8 Å². The Morgan fingerprint density at radius 3 is 3.06 bits per heavy atom. The standard InChI is InChI=1S/C13H18N4/c1-9-8-10(6-7-14-9)15-13-16-11-4-2-3-5-12(11)17-13/h2-5,9-10,14H,6-8H2,1H3,(H2,15,16,17). The first-order valence-corrected chi connectivity index (χ1v) is 6.26. The summed E-state index contributed by atoms with van der Waals surface area (Å²) in [6.45, 7) is 3.31. The summed E-state index contributed by atoms with van der Waals surface area (Å²) in [7, 11) is 0. The van der Waals surface area contributed by atoms with Gasteiger partial charge >= 0.3 is 0 Å². The van der Waals surface area contributed by atoms with Crippen molar-refractivity contribution in [2.45, 2.75) is 31.8 Å². The Morgan fingerprint density at radius 2 is 2.24 bits per heavy atom. The second-order valence-corrected chi connectivity index (χ2v) is 4.82. The molecule has 1 aliphatic heterocycles. The Hall–Kier alpha value is -1.55. The fraction of sp³-hybridized carbons (Fsp3) is 0.462. The fourth-order valence-corrected chi connectivity index (χ4v) is 2.48. The van der Waals surface area contributed by atoms with Gasteiger partial charge in [0.2, 0.25) is 5.95 Å². The Labute approximate surface area is 101 Å². The van der Waals surface area contributed by atoms with Gasteiger partial charge in [0, 0.05) is 12.1 Å². The van der Waals surface area contributed by atoms with Crippen LogP contribution in [0.3, 0.4) is 0 Å². The highest BCUT2D eigenvalue weighted by Gasteiger charge is 2.18. The molecule has 2 aromatic rings. The monoisotopic (exact) mass is 230 g/mol. The summed E-state index contributed by atoms with van der Waals surface area (Å²) in [6, 6.07) is 9.23. The molecule has 3 N–H and O–H groups in total. The van der Waals surface area contributed by atoms with E-state index in [1.165, 1.54) is 0 Å². The van der Waals surface area contributed by atoms with Gasteiger partial charge in [-0.3, -0.25) is 0 Å². The normalized spacial score (nSPS) is 25.0. The number of fused-ring (bicyclic) bond motifs is 1. The van der Waals surface area contributed by atoms with Crippen molar-refractivity contribution in [3.63, 3.8) is 0 Å². The van der Waals surface area contributed by atoms with Crippen molar-refractivity contribution in [3.05, 3.63) is 24.3 Å². The molecule has 1 saturated heterocycles. The number of benzene rings is 1. The van der Waals surface area contributed by atoms with Gasteiger partial charge in [0.25, 0.3) is 0 Å². The van der Waals surface area contributed by atoms with E-state index in [1.54, 1.807) is 0 Å². The van der Waals surface area contributed by atoms with E-state index in [4.69, 9.17) is 0 Å². The molecular weight excluding hydrogens is 212 g/mol. The van der Waals surface area contributed by atoms with E-state index in [9.17, 15) is 0 Å². The number of para-hydroxylation sites is 2. The molecule has 2 heterocycles. The van der Waals surface area contributed by atoms with Crippen molar-refractivity contribution in [2.24, 2.45) is 0 Å². The van der Waals surface area contributed by atoms with Gasteiger partial charge in [-0.2, -0.15) is 0 Å². The van der Waals surface area contributed by atoms with Gasteiger partial charge in [-0.25, -0.2) is 4.98 Å². The third kappa shape index (κ3) is 2.26. The number of nitrogens with one attached hydrogen (secondary N) is 3. The van der Waals surface area contributed by atoms with Crippen LogP contribution in [-0.4, -0.2) is 28.6 Å². The van der Waals surface area contributed by atoms with Crippen molar-refractivity contribution >= 4 is 17.0 Å². The SMILES string of the molecule is CC1CC(Nc2nc3ccccc3[nH]2)CCN1. The number of nitrogens with zero attached hydrogens (tertiary/aromatic N) is 1. The highest BCUT2D eigenvalue weighted by atomic mass is 15.1. The molecular formula is C13H18N4. The number of imidazole rings is 1. The van der Waals surface area contributed by atoms with Crippen LogP contribution in [0.5, 0.6) is 0 Å². The van der Waals surface area contributed by atoms with Crippen molar-refractivity contribution < 1.29 is 0 Å². The number of hydrogen-bond acceptors (Lipinski definition) is 3. The second kappa shape index (κ2) is 4.37. The number of H-pyrrole nitrogens is 1. The van der Waals surface area contributed by atoms with Gasteiger partial charge in [-0.1, -0.05) is 12.1 Å². The van der Waals surface area contributed by atoms with E-state index >= 15 is 0 Å². The summed E-state index contributed by atoms with van der Waals surface area (Å²) in [5, 5.41) is 6.95. The lowest BCUT2D eigenvalue weighted by atomic mass is 10.0. The minimum absolute atomic E-state index is 0.520. The number of aromatic nitrogens is 2. The van der Waals surface area contributed by atoms with Gasteiger partial charge in [0.05, 0.1) is 11.0 Å². The number of hydrogen-bond donors (Lipinski definition) is 3. The molecule has 2 unspecified atom stereocenters. The van der Waals surface area contributed by atoms with Gasteiger partial charge < -0.3 is 15.6 Å². The lowest BCUT2D eigenvalue weighted by Gasteiger charge is -2.28. The van der Waals surface area contributed by atoms with Gasteiger partial charge in [-0.15, -0.1) is 0 Å². The van der Waals surface area contributed by atoms with Gasteiger partial charge in [0.15, 0.2) is 0 Å². The van der Waals surface area contributed by atoms with E-state index in [0.717, 1.165) is 36.4 Å². The predicted molar refractivity (Wildman–Crippen MR) is 70.2 cm³/mol. The summed E-state index contributed by atoms with van der Waals surface area (Å²) in [5.41, 5.74) is 2.12. The zero-order valence-corrected chi connectivity index (χ0v) is 10.0. The molecule has 1 aliphatic rings. The maximum absolute atomic E-state index is 4.54. The van der Waals surface area contributed by atoms with E-state index < -0.39 is 0 Å². The summed E-state index contributed by atoms with van der Waals surface area (Å²) < 4.78 is 0. The molecule has 1 aromatic carbocycles. The Balaban J connectivity index is 1.75. The molecule has 90 valence electrons. The van der Waals surface area contributed by atoms with E-state index in [2.05, 4.69) is 33.6 Å². The van der Waals surface area contributed by atoms with E-state index in [1.807, 2.05) is 18.2 Å². The summed E-state index contributed by atoms with van der Waals surface area (Å²) >= 11 is 0. The smallest absolute Gasteiger partial charge is 0.201 e. The first kappa shape index (κ1) is 10.6. The Bertz CT molecular complexity index is 472. The molecule has 1 aromatic heterocycles. The van der Waals surface area contributed by atoms with Crippen LogP contribution in [0.4, 0.5) is 5.95 Å². The number of rotatable bonds is 2. The molecule has 3 rings (SSSR count). The fourth-order valence-electron chi connectivity index (χ4n) is 2.48. The molecule has 4 nitrogen and oxygen atoms in total. The zero-order valence-electron chi connectivity index (χ0n) is 10.0. The molecule has 2 atom stereocenters. The lowest BCUT2D eigenvalue weighted by Crippen LogP contribution is -2.41. The van der Waals surface area contributed by atoms with Gasteiger partial charge in [0.1, 0.15) is 0 Å². The topological polar surface area (TPSA) is 52.7 Å². The first-order valence-electron chi connectivity index (χ1n) is 6.26. The second-order valence-electron chi connectivity index (χ2n) is 4.82. The van der Waals surface area contributed by atoms with Crippen LogP contribution in [0.25, 0.3) is 11.0 Å². The summed E-state index contributed by atoms with van der Waals surface area (Å²) in [6.07, 6.45) is 2.30. The zero-order chi connectivity index (χ0) is 11.7. The summed E-state index contributed by atoms with van der Waals surface area (Å²) in [4.78, 5) is 7.86. The van der Waals surface area contributed by atoms with Crippen molar-refractivity contribution in [1.29, 1.82) is 0 Å². The molecule has 0 spiro atoms. The summed E-state index contributed by atoms with van der Waals surface area (Å²) in [5.74, 6) is 0.894. The first-order chi connectivity index (χ1) is 8.31. The number of anilines is 1. The molecule has 0 bridgehead atoms. The minimum Gasteiger partial charge on any atom is -0.353 e. The molecule has 17 heavy (non-hydrogen) atoms. The van der Waals surface area contributed by atoms with Crippen molar-refractivity contribution in [2.75, 3.05) is 11.9 Å². The number of piperidine rings is 1. The number of aromatic amines is 1. The van der Waals surface area contributed by atoms with Crippen LogP contribution in [0, 0.1) is 0 Å². The highest BCUT2D eigenvalue weighted by molar-refractivity contribution is 5.77. The molecule has 0 radical (unpaired) electrons. The molecule has 0 amide bonds. The van der Waals surface area contributed by atoms with Crippen LogP contribution >= 0.6 is 0 Å². The molecule has 1 fully saturated rings. The third-order valence-electron chi connectivity index (χ3n) is 3.35. The van der Waals surface area contributed by atoms with E-state index in [0.29, 0.717) is 12.1 Å². The third-order valence-corrected chi connectivity index (χ3v) is 3.35. The largest absolute Gasteiger partial charge is 0.353 e. The molecule has 0 saturated carbocycles. The molecule has 0 aliphatic carbocycles. The van der Waals surface area contributed by atoms with Crippen LogP contribution in [0.15, 0.2) is 24.3 Å².